The van der Waals surface area contributed by atoms with Gasteiger partial charge in [-0.15, -0.1) is 0 Å². The summed E-state index contributed by atoms with van der Waals surface area (Å²) in [7, 11) is 3.86. The second kappa shape index (κ2) is 6.01. The molecule has 0 saturated heterocycles. The van der Waals surface area contributed by atoms with Crippen LogP contribution in [0.3, 0.4) is 0 Å². The first-order chi connectivity index (χ1) is 11.0. The number of fused-ring (bicyclic) bond motifs is 1. The number of Topliss-reactive ketones (excluding diaryl/α,β-unsaturated/α-hetero) is 1. The molecule has 120 valence electrons. The number of rotatable bonds is 2. The number of hydrogen-bond acceptors (Lipinski definition) is 3. The summed E-state index contributed by atoms with van der Waals surface area (Å²) in [5.74, 6) is -0.0987. The van der Waals surface area contributed by atoms with Crippen LogP contribution in [0.5, 0.6) is 0 Å². The summed E-state index contributed by atoms with van der Waals surface area (Å²) in [5, 5.41) is 0. The number of amides is 1. The van der Waals surface area contributed by atoms with Crippen LogP contribution < -0.4 is 4.90 Å². The largest absolute Gasteiger partial charge is 0.346 e. The van der Waals surface area contributed by atoms with Crippen molar-refractivity contribution in [2.75, 3.05) is 25.0 Å². The summed E-state index contributed by atoms with van der Waals surface area (Å²) in [6.07, 6.45) is 1.71. The molecule has 1 aromatic heterocycles. The SMILES string of the molecule is CC(=O)c1cc(C(=O)N2CCN(C)Cc3ccccc32)n(C)c1. The van der Waals surface area contributed by atoms with Crippen molar-refractivity contribution in [3.63, 3.8) is 0 Å². The van der Waals surface area contributed by atoms with E-state index in [1.54, 1.807) is 23.9 Å². The van der Waals surface area contributed by atoms with Crippen molar-refractivity contribution in [1.29, 1.82) is 0 Å². The third kappa shape index (κ3) is 2.92. The Hall–Kier alpha value is -2.40. The van der Waals surface area contributed by atoms with Crippen molar-refractivity contribution in [1.82, 2.24) is 9.47 Å². The van der Waals surface area contributed by atoms with Gasteiger partial charge >= 0.3 is 0 Å². The summed E-state index contributed by atoms with van der Waals surface area (Å²) < 4.78 is 1.73. The van der Waals surface area contributed by atoms with E-state index in [2.05, 4.69) is 18.0 Å². The van der Waals surface area contributed by atoms with E-state index in [1.165, 1.54) is 6.92 Å². The van der Waals surface area contributed by atoms with Gasteiger partial charge in [-0.3, -0.25) is 9.59 Å². The highest BCUT2D eigenvalue weighted by atomic mass is 16.2. The molecule has 0 spiro atoms. The molecule has 0 aliphatic carbocycles. The third-order valence-corrected chi connectivity index (χ3v) is 4.30. The molecule has 0 atom stereocenters. The zero-order valence-corrected chi connectivity index (χ0v) is 13.7. The van der Waals surface area contributed by atoms with E-state index in [4.69, 9.17) is 0 Å². The number of carbonyl (C=O) groups is 2. The average Bonchev–Trinajstić information content (AvgIpc) is 2.82. The number of likely N-dealkylation sites (N-methyl/N-ethyl adjacent to an activating group) is 1. The first-order valence-corrected chi connectivity index (χ1v) is 7.73. The normalized spacial score (nSPS) is 15.2. The summed E-state index contributed by atoms with van der Waals surface area (Å²) >= 11 is 0. The van der Waals surface area contributed by atoms with E-state index in [0.29, 0.717) is 17.8 Å². The van der Waals surface area contributed by atoms with Crippen LogP contribution in [0.4, 0.5) is 5.69 Å². The van der Waals surface area contributed by atoms with E-state index >= 15 is 0 Å². The van der Waals surface area contributed by atoms with Gasteiger partial charge < -0.3 is 14.4 Å². The molecule has 5 heteroatoms. The quantitative estimate of drug-likeness (QED) is 0.800. The molecule has 0 unspecified atom stereocenters. The highest BCUT2D eigenvalue weighted by Gasteiger charge is 2.25. The molecule has 5 nitrogen and oxygen atoms in total. The summed E-state index contributed by atoms with van der Waals surface area (Å²) in [6.45, 7) is 3.78. The predicted octanol–water partition coefficient (Wildman–Crippen LogP) is 2.32. The Morgan fingerprint density at radius 1 is 1.09 bits per heavy atom. The van der Waals surface area contributed by atoms with Gasteiger partial charge in [0.05, 0.1) is 0 Å². The van der Waals surface area contributed by atoms with Crippen LogP contribution in [0.2, 0.25) is 0 Å². The number of anilines is 1. The number of benzene rings is 1. The standard InChI is InChI=1S/C18H21N3O2/c1-13(22)15-10-17(20(3)12-15)18(23)21-9-8-19(2)11-14-6-4-5-7-16(14)21/h4-7,10,12H,8-9,11H2,1-3H3. The summed E-state index contributed by atoms with van der Waals surface area (Å²) in [4.78, 5) is 28.6. The van der Waals surface area contributed by atoms with Gasteiger partial charge in [-0.05, 0) is 31.7 Å². The Morgan fingerprint density at radius 3 is 2.52 bits per heavy atom. The van der Waals surface area contributed by atoms with Crippen molar-refractivity contribution in [3.8, 4) is 0 Å². The van der Waals surface area contributed by atoms with Crippen molar-refractivity contribution >= 4 is 17.4 Å². The first kappa shape index (κ1) is 15.5. The van der Waals surface area contributed by atoms with Crippen molar-refractivity contribution in [2.24, 2.45) is 7.05 Å². The van der Waals surface area contributed by atoms with E-state index in [0.717, 1.165) is 24.3 Å². The average molecular weight is 311 g/mol. The monoisotopic (exact) mass is 311 g/mol. The van der Waals surface area contributed by atoms with Gasteiger partial charge in [0.25, 0.3) is 5.91 Å². The van der Waals surface area contributed by atoms with Crippen molar-refractivity contribution in [3.05, 3.63) is 53.3 Å². The fourth-order valence-electron chi connectivity index (χ4n) is 2.99. The zero-order chi connectivity index (χ0) is 16.6. The number of aromatic nitrogens is 1. The van der Waals surface area contributed by atoms with Gasteiger partial charge in [-0.2, -0.15) is 0 Å². The van der Waals surface area contributed by atoms with E-state index in [1.807, 2.05) is 23.1 Å². The Balaban J connectivity index is 2.01. The number of para-hydroxylation sites is 1. The molecule has 0 N–H and O–H groups in total. The Kier molecular flexibility index (Phi) is 4.05. The molecule has 0 bridgehead atoms. The number of ketones is 1. The van der Waals surface area contributed by atoms with Crippen LogP contribution in [0.25, 0.3) is 0 Å². The molecule has 0 fully saturated rings. The number of nitrogens with zero attached hydrogens (tertiary/aromatic N) is 3. The van der Waals surface area contributed by atoms with Crippen LogP contribution in [0, 0.1) is 0 Å². The van der Waals surface area contributed by atoms with Crippen LogP contribution in [-0.2, 0) is 13.6 Å². The molecule has 2 aromatic rings. The Labute approximate surface area is 136 Å². The van der Waals surface area contributed by atoms with Crippen LogP contribution in [0.15, 0.2) is 36.5 Å². The van der Waals surface area contributed by atoms with Gasteiger partial charge in [0.15, 0.2) is 5.78 Å². The third-order valence-electron chi connectivity index (χ3n) is 4.30. The summed E-state index contributed by atoms with van der Waals surface area (Å²) in [5.41, 5.74) is 3.19. The fraction of sp³-hybridized carbons (Fsp3) is 0.333. The first-order valence-electron chi connectivity index (χ1n) is 7.73. The van der Waals surface area contributed by atoms with E-state index in [9.17, 15) is 9.59 Å². The fourth-order valence-corrected chi connectivity index (χ4v) is 2.99. The predicted molar refractivity (Wildman–Crippen MR) is 89.9 cm³/mol. The number of hydrogen-bond donors (Lipinski definition) is 0. The highest BCUT2D eigenvalue weighted by Crippen LogP contribution is 2.26. The van der Waals surface area contributed by atoms with Crippen molar-refractivity contribution < 1.29 is 9.59 Å². The van der Waals surface area contributed by atoms with Crippen LogP contribution in [0.1, 0.15) is 33.3 Å². The second-order valence-corrected chi connectivity index (χ2v) is 6.10. The lowest BCUT2D eigenvalue weighted by molar-refractivity contribution is 0.0977. The minimum Gasteiger partial charge on any atom is -0.346 e. The smallest absolute Gasteiger partial charge is 0.274 e. The van der Waals surface area contributed by atoms with Gasteiger partial charge in [0, 0.05) is 44.1 Å². The molecule has 23 heavy (non-hydrogen) atoms. The number of carbonyl (C=O) groups excluding carboxylic acids is 2. The van der Waals surface area contributed by atoms with Crippen molar-refractivity contribution in [2.45, 2.75) is 13.5 Å². The molecule has 2 heterocycles. The van der Waals surface area contributed by atoms with Crippen LogP contribution in [-0.4, -0.2) is 41.3 Å². The minimum absolute atomic E-state index is 0.0318. The lowest BCUT2D eigenvalue weighted by atomic mass is 10.1. The summed E-state index contributed by atoms with van der Waals surface area (Å²) in [6, 6.07) is 9.68. The highest BCUT2D eigenvalue weighted by molar-refractivity contribution is 6.07. The second-order valence-electron chi connectivity index (χ2n) is 6.10. The van der Waals surface area contributed by atoms with Gasteiger partial charge in [0.2, 0.25) is 0 Å². The maximum atomic E-state index is 13.1. The Morgan fingerprint density at radius 2 is 1.83 bits per heavy atom. The van der Waals surface area contributed by atoms with Crippen LogP contribution >= 0.6 is 0 Å². The lowest BCUT2D eigenvalue weighted by Crippen LogP contribution is -2.36. The Bertz CT molecular complexity index is 763. The van der Waals surface area contributed by atoms with Gasteiger partial charge in [-0.1, -0.05) is 18.2 Å². The lowest BCUT2D eigenvalue weighted by Gasteiger charge is -2.22. The maximum absolute atomic E-state index is 13.1. The van der Waals surface area contributed by atoms with E-state index < -0.39 is 0 Å². The number of aryl methyl sites for hydroxylation is 1. The van der Waals surface area contributed by atoms with Gasteiger partial charge in [-0.25, -0.2) is 0 Å². The molecular weight excluding hydrogens is 290 g/mol. The minimum atomic E-state index is -0.0669. The topological polar surface area (TPSA) is 45.6 Å². The van der Waals surface area contributed by atoms with Gasteiger partial charge in [0.1, 0.15) is 5.69 Å². The molecule has 0 radical (unpaired) electrons. The molecule has 3 rings (SSSR count). The van der Waals surface area contributed by atoms with E-state index in [-0.39, 0.29) is 11.7 Å². The molecule has 1 aromatic carbocycles. The molecule has 1 aliphatic heterocycles. The molecule has 0 saturated carbocycles. The zero-order valence-electron chi connectivity index (χ0n) is 13.7. The molecular formula is C18H21N3O2. The maximum Gasteiger partial charge on any atom is 0.274 e. The molecule has 1 aliphatic rings. The molecule has 1 amide bonds.